The van der Waals surface area contributed by atoms with Gasteiger partial charge in [-0.3, -0.25) is 4.79 Å². The number of hydrogen-bond donors (Lipinski definition) is 2. The average Bonchev–Trinajstić information content (AvgIpc) is 2.95. The normalized spacial score (nSPS) is 18.3. The first-order valence-electron chi connectivity index (χ1n) is 8.68. The van der Waals surface area contributed by atoms with Crippen molar-refractivity contribution < 1.29 is 17.9 Å². The SMILES string of the molecule is CC(C)Oc1ccccc1Nc1ncc(C(=O)NC2CCS(=O)(=O)C2)cn1. The predicted octanol–water partition coefficient (Wildman–Crippen LogP) is 1.92. The number of hydrogen-bond acceptors (Lipinski definition) is 7. The van der Waals surface area contributed by atoms with Gasteiger partial charge in [0.15, 0.2) is 9.84 Å². The highest BCUT2D eigenvalue weighted by atomic mass is 32.2. The van der Waals surface area contributed by atoms with E-state index in [1.54, 1.807) is 0 Å². The van der Waals surface area contributed by atoms with Crippen molar-refractivity contribution in [3.05, 3.63) is 42.2 Å². The molecular formula is C18H22N4O4S. The van der Waals surface area contributed by atoms with E-state index in [1.807, 2.05) is 38.1 Å². The second-order valence-electron chi connectivity index (χ2n) is 6.66. The number of para-hydroxylation sites is 2. The van der Waals surface area contributed by atoms with Crippen LogP contribution in [-0.2, 0) is 9.84 Å². The fraction of sp³-hybridized carbons (Fsp3) is 0.389. The molecule has 0 spiro atoms. The third kappa shape index (κ3) is 5.16. The first-order chi connectivity index (χ1) is 12.8. The molecule has 1 aliphatic heterocycles. The Labute approximate surface area is 158 Å². The number of carbonyl (C=O) groups is 1. The summed E-state index contributed by atoms with van der Waals surface area (Å²) in [4.78, 5) is 20.6. The Morgan fingerprint density at radius 3 is 2.56 bits per heavy atom. The van der Waals surface area contributed by atoms with E-state index in [1.165, 1.54) is 12.4 Å². The predicted molar refractivity (Wildman–Crippen MR) is 102 cm³/mol. The maximum Gasteiger partial charge on any atom is 0.254 e. The zero-order valence-electron chi connectivity index (χ0n) is 15.2. The van der Waals surface area contributed by atoms with Crippen molar-refractivity contribution in [2.75, 3.05) is 16.8 Å². The lowest BCUT2D eigenvalue weighted by molar-refractivity contribution is 0.0940. The van der Waals surface area contributed by atoms with Crippen LogP contribution in [0.4, 0.5) is 11.6 Å². The van der Waals surface area contributed by atoms with E-state index in [9.17, 15) is 13.2 Å². The molecule has 1 aromatic carbocycles. The molecule has 1 unspecified atom stereocenters. The fourth-order valence-electron chi connectivity index (χ4n) is 2.73. The number of aromatic nitrogens is 2. The van der Waals surface area contributed by atoms with Crippen LogP contribution in [0.25, 0.3) is 0 Å². The Morgan fingerprint density at radius 2 is 1.93 bits per heavy atom. The third-order valence-corrected chi connectivity index (χ3v) is 5.75. The second kappa shape index (κ2) is 7.91. The van der Waals surface area contributed by atoms with Crippen LogP contribution in [0.3, 0.4) is 0 Å². The molecule has 1 atom stereocenters. The molecule has 1 aliphatic rings. The topological polar surface area (TPSA) is 110 Å². The van der Waals surface area contributed by atoms with Crippen molar-refractivity contribution in [1.29, 1.82) is 0 Å². The number of nitrogens with one attached hydrogen (secondary N) is 2. The summed E-state index contributed by atoms with van der Waals surface area (Å²) < 4.78 is 28.7. The van der Waals surface area contributed by atoms with Crippen LogP contribution in [-0.4, -0.2) is 47.9 Å². The van der Waals surface area contributed by atoms with Gasteiger partial charge >= 0.3 is 0 Å². The van der Waals surface area contributed by atoms with Gasteiger partial charge in [0.05, 0.1) is 28.9 Å². The number of carbonyl (C=O) groups excluding carboxylic acids is 1. The van der Waals surface area contributed by atoms with Crippen molar-refractivity contribution in [2.45, 2.75) is 32.4 Å². The minimum Gasteiger partial charge on any atom is -0.489 e. The van der Waals surface area contributed by atoms with Crippen LogP contribution < -0.4 is 15.4 Å². The maximum atomic E-state index is 12.2. The molecule has 2 heterocycles. The first kappa shape index (κ1) is 19.1. The molecule has 1 fully saturated rings. The standard InChI is InChI=1S/C18H22N4O4S/c1-12(2)26-16-6-4-3-5-15(16)22-18-19-9-13(10-20-18)17(23)21-14-7-8-27(24,25)11-14/h3-6,9-10,12,14H,7-8,11H2,1-2H3,(H,21,23)(H,19,20,22). The van der Waals surface area contributed by atoms with E-state index in [0.29, 0.717) is 18.1 Å². The largest absolute Gasteiger partial charge is 0.489 e. The molecule has 0 saturated carbocycles. The molecule has 2 aromatic rings. The third-order valence-electron chi connectivity index (χ3n) is 3.98. The molecule has 0 radical (unpaired) electrons. The molecule has 1 saturated heterocycles. The Hall–Kier alpha value is -2.68. The van der Waals surface area contributed by atoms with Gasteiger partial charge in [-0.1, -0.05) is 12.1 Å². The Bertz CT molecular complexity index is 913. The number of anilines is 2. The van der Waals surface area contributed by atoms with Gasteiger partial charge in [-0.2, -0.15) is 0 Å². The van der Waals surface area contributed by atoms with E-state index >= 15 is 0 Å². The van der Waals surface area contributed by atoms with Gasteiger partial charge in [0.2, 0.25) is 5.95 Å². The van der Waals surface area contributed by atoms with Crippen LogP contribution in [0.15, 0.2) is 36.7 Å². The number of rotatable bonds is 6. The van der Waals surface area contributed by atoms with Crippen LogP contribution in [0, 0.1) is 0 Å². The van der Waals surface area contributed by atoms with Crippen molar-refractivity contribution >= 4 is 27.4 Å². The highest BCUT2D eigenvalue weighted by molar-refractivity contribution is 7.91. The Morgan fingerprint density at radius 1 is 1.22 bits per heavy atom. The van der Waals surface area contributed by atoms with Crippen molar-refractivity contribution in [3.63, 3.8) is 0 Å². The molecule has 0 bridgehead atoms. The van der Waals surface area contributed by atoms with E-state index < -0.39 is 9.84 Å². The molecule has 1 amide bonds. The quantitative estimate of drug-likeness (QED) is 0.775. The van der Waals surface area contributed by atoms with Crippen LogP contribution in [0.5, 0.6) is 5.75 Å². The highest BCUT2D eigenvalue weighted by Gasteiger charge is 2.29. The maximum absolute atomic E-state index is 12.2. The lowest BCUT2D eigenvalue weighted by Gasteiger charge is -2.15. The molecular weight excluding hydrogens is 368 g/mol. The molecule has 1 aromatic heterocycles. The number of sulfone groups is 1. The average molecular weight is 390 g/mol. The Kier molecular flexibility index (Phi) is 5.59. The van der Waals surface area contributed by atoms with Crippen molar-refractivity contribution in [1.82, 2.24) is 15.3 Å². The zero-order valence-corrected chi connectivity index (χ0v) is 16.0. The monoisotopic (exact) mass is 390 g/mol. The van der Waals surface area contributed by atoms with E-state index in [4.69, 9.17) is 4.74 Å². The second-order valence-corrected chi connectivity index (χ2v) is 8.89. The van der Waals surface area contributed by atoms with Crippen LogP contribution in [0.2, 0.25) is 0 Å². The van der Waals surface area contributed by atoms with E-state index in [2.05, 4.69) is 20.6 Å². The van der Waals surface area contributed by atoms with Gasteiger partial charge in [-0.05, 0) is 32.4 Å². The lowest BCUT2D eigenvalue weighted by atomic mass is 10.2. The smallest absolute Gasteiger partial charge is 0.254 e. The summed E-state index contributed by atoms with van der Waals surface area (Å²) in [7, 11) is -3.05. The summed E-state index contributed by atoms with van der Waals surface area (Å²) >= 11 is 0. The van der Waals surface area contributed by atoms with Crippen molar-refractivity contribution in [3.8, 4) is 5.75 Å². The minimum atomic E-state index is -3.05. The molecule has 9 heteroatoms. The zero-order chi connectivity index (χ0) is 19.4. The summed E-state index contributed by atoms with van der Waals surface area (Å²) in [6.07, 6.45) is 3.26. The number of nitrogens with zero attached hydrogens (tertiary/aromatic N) is 2. The van der Waals surface area contributed by atoms with Gasteiger partial charge in [0.25, 0.3) is 5.91 Å². The van der Waals surface area contributed by atoms with E-state index in [-0.39, 0.29) is 35.1 Å². The highest BCUT2D eigenvalue weighted by Crippen LogP contribution is 2.26. The van der Waals surface area contributed by atoms with Gasteiger partial charge in [-0.15, -0.1) is 0 Å². The molecule has 8 nitrogen and oxygen atoms in total. The van der Waals surface area contributed by atoms with E-state index in [0.717, 1.165) is 5.69 Å². The molecule has 0 aliphatic carbocycles. The molecule has 144 valence electrons. The summed E-state index contributed by atoms with van der Waals surface area (Å²) in [5, 5.41) is 5.78. The fourth-order valence-corrected chi connectivity index (χ4v) is 4.41. The summed E-state index contributed by atoms with van der Waals surface area (Å²) in [5.41, 5.74) is 0.996. The van der Waals surface area contributed by atoms with Gasteiger partial charge in [-0.25, -0.2) is 18.4 Å². The van der Waals surface area contributed by atoms with Crippen LogP contribution in [0.1, 0.15) is 30.6 Å². The summed E-state index contributed by atoms with van der Waals surface area (Å²) in [5.74, 6) is 0.712. The van der Waals surface area contributed by atoms with Crippen molar-refractivity contribution in [2.24, 2.45) is 0 Å². The van der Waals surface area contributed by atoms with Gasteiger partial charge in [0, 0.05) is 18.4 Å². The summed E-state index contributed by atoms with van der Waals surface area (Å²) in [6.45, 7) is 3.88. The molecule has 3 rings (SSSR count). The summed E-state index contributed by atoms with van der Waals surface area (Å²) in [6, 6.07) is 7.08. The van der Waals surface area contributed by atoms with Gasteiger partial charge < -0.3 is 15.4 Å². The van der Waals surface area contributed by atoms with Gasteiger partial charge in [0.1, 0.15) is 5.75 Å². The molecule has 2 N–H and O–H groups in total. The molecule has 27 heavy (non-hydrogen) atoms. The Balaban J connectivity index is 1.65. The lowest BCUT2D eigenvalue weighted by Crippen LogP contribution is -2.35. The first-order valence-corrected chi connectivity index (χ1v) is 10.5. The minimum absolute atomic E-state index is 0.0220. The van der Waals surface area contributed by atoms with Crippen LogP contribution >= 0.6 is 0 Å². The number of benzene rings is 1. The number of amides is 1. The number of ether oxygens (including phenoxy) is 1.